The van der Waals surface area contributed by atoms with Gasteiger partial charge >= 0.3 is 0 Å². The lowest BCUT2D eigenvalue weighted by atomic mass is 9.84. The fourth-order valence-electron chi connectivity index (χ4n) is 2.53. The van der Waals surface area contributed by atoms with Crippen LogP contribution in [0.4, 0.5) is 5.95 Å². The van der Waals surface area contributed by atoms with Gasteiger partial charge in [0.15, 0.2) is 0 Å². The summed E-state index contributed by atoms with van der Waals surface area (Å²) in [6, 6.07) is 13.3. The standard InChI is InChI=1S/C18H16Cl2N4/c1-18(2,12-6-7-13(19)14(20)8-12)10-22-17-23-15-5-3-4-11(9-21)16(15)24-17/h3-8H,10H2,1-2H3,(H2,22,23,24). The van der Waals surface area contributed by atoms with Crippen molar-refractivity contribution in [3.63, 3.8) is 0 Å². The number of para-hydroxylation sites is 1. The molecule has 1 heterocycles. The van der Waals surface area contributed by atoms with E-state index >= 15 is 0 Å². The Morgan fingerprint density at radius 3 is 2.71 bits per heavy atom. The number of fused-ring (bicyclic) bond motifs is 1. The van der Waals surface area contributed by atoms with Crippen LogP contribution in [-0.4, -0.2) is 16.5 Å². The first-order valence-electron chi connectivity index (χ1n) is 7.49. The van der Waals surface area contributed by atoms with Gasteiger partial charge in [-0.15, -0.1) is 0 Å². The number of nitrogens with zero attached hydrogens (tertiary/aromatic N) is 2. The Balaban J connectivity index is 1.82. The number of anilines is 1. The van der Waals surface area contributed by atoms with Crippen LogP contribution in [-0.2, 0) is 5.41 Å². The van der Waals surface area contributed by atoms with Gasteiger partial charge in [0.05, 0.1) is 21.1 Å². The molecule has 0 atom stereocenters. The third kappa shape index (κ3) is 3.19. The van der Waals surface area contributed by atoms with Crippen molar-refractivity contribution in [2.45, 2.75) is 19.3 Å². The average Bonchev–Trinajstić information content (AvgIpc) is 2.98. The summed E-state index contributed by atoms with van der Waals surface area (Å²) >= 11 is 12.1. The molecule has 0 radical (unpaired) electrons. The highest BCUT2D eigenvalue weighted by Gasteiger charge is 2.22. The molecule has 0 aliphatic heterocycles. The number of halogens is 2. The minimum Gasteiger partial charge on any atom is -0.355 e. The summed E-state index contributed by atoms with van der Waals surface area (Å²) in [7, 11) is 0. The number of nitriles is 1. The quantitative estimate of drug-likeness (QED) is 0.679. The van der Waals surface area contributed by atoms with Gasteiger partial charge in [-0.25, -0.2) is 4.98 Å². The second-order valence-corrected chi connectivity index (χ2v) is 7.08. The van der Waals surface area contributed by atoms with Crippen LogP contribution in [0.2, 0.25) is 10.0 Å². The van der Waals surface area contributed by atoms with E-state index in [-0.39, 0.29) is 5.41 Å². The number of H-pyrrole nitrogens is 1. The van der Waals surface area contributed by atoms with Crippen molar-refractivity contribution in [1.29, 1.82) is 5.26 Å². The van der Waals surface area contributed by atoms with Crippen molar-refractivity contribution in [3.05, 3.63) is 57.6 Å². The van der Waals surface area contributed by atoms with E-state index < -0.39 is 0 Å². The first kappa shape index (κ1) is 16.6. The molecule has 0 spiro atoms. The van der Waals surface area contributed by atoms with Crippen LogP contribution in [0.25, 0.3) is 11.0 Å². The predicted octanol–water partition coefficient (Wildman–Crippen LogP) is 5.13. The molecule has 6 heteroatoms. The van der Waals surface area contributed by atoms with Crippen LogP contribution < -0.4 is 5.32 Å². The first-order valence-corrected chi connectivity index (χ1v) is 8.24. The minimum atomic E-state index is -0.175. The maximum Gasteiger partial charge on any atom is 0.201 e. The summed E-state index contributed by atoms with van der Waals surface area (Å²) in [5, 5.41) is 13.6. The van der Waals surface area contributed by atoms with Crippen molar-refractivity contribution in [3.8, 4) is 6.07 Å². The van der Waals surface area contributed by atoms with E-state index in [9.17, 15) is 0 Å². The fraction of sp³-hybridized carbons (Fsp3) is 0.222. The van der Waals surface area contributed by atoms with E-state index in [1.807, 2.05) is 24.3 Å². The van der Waals surface area contributed by atoms with E-state index in [1.165, 1.54) is 0 Å². The van der Waals surface area contributed by atoms with Crippen LogP contribution in [0.3, 0.4) is 0 Å². The number of nitrogens with one attached hydrogen (secondary N) is 2. The average molecular weight is 359 g/mol. The summed E-state index contributed by atoms with van der Waals surface area (Å²) in [5.74, 6) is 0.640. The molecule has 0 aliphatic rings. The highest BCUT2D eigenvalue weighted by molar-refractivity contribution is 6.42. The Morgan fingerprint density at radius 1 is 1.21 bits per heavy atom. The van der Waals surface area contributed by atoms with Crippen LogP contribution in [0.5, 0.6) is 0 Å². The smallest absolute Gasteiger partial charge is 0.201 e. The summed E-state index contributed by atoms with van der Waals surface area (Å²) in [6.07, 6.45) is 0. The molecule has 0 saturated carbocycles. The molecule has 0 amide bonds. The zero-order chi connectivity index (χ0) is 17.3. The van der Waals surface area contributed by atoms with E-state index in [2.05, 4.69) is 35.2 Å². The summed E-state index contributed by atoms with van der Waals surface area (Å²) < 4.78 is 0. The number of hydrogen-bond donors (Lipinski definition) is 2. The lowest BCUT2D eigenvalue weighted by Crippen LogP contribution is -2.28. The van der Waals surface area contributed by atoms with Gasteiger partial charge in [0.1, 0.15) is 11.6 Å². The van der Waals surface area contributed by atoms with Gasteiger partial charge < -0.3 is 10.3 Å². The second-order valence-electron chi connectivity index (χ2n) is 6.27. The summed E-state index contributed by atoms with van der Waals surface area (Å²) in [5.41, 5.74) is 2.98. The molecule has 0 unspecified atom stereocenters. The monoisotopic (exact) mass is 358 g/mol. The lowest BCUT2D eigenvalue weighted by molar-refractivity contribution is 0.555. The molecule has 2 aromatic carbocycles. The topological polar surface area (TPSA) is 64.5 Å². The summed E-state index contributed by atoms with van der Waals surface area (Å²) in [6.45, 7) is 4.87. The molecule has 3 aromatic rings. The van der Waals surface area contributed by atoms with Gasteiger partial charge in [-0.2, -0.15) is 5.26 Å². The van der Waals surface area contributed by atoms with E-state index in [0.29, 0.717) is 33.6 Å². The number of hydrogen-bond acceptors (Lipinski definition) is 3. The maximum atomic E-state index is 9.15. The van der Waals surface area contributed by atoms with Gasteiger partial charge in [-0.05, 0) is 29.8 Å². The van der Waals surface area contributed by atoms with Crippen LogP contribution in [0.1, 0.15) is 25.0 Å². The van der Waals surface area contributed by atoms with Crippen LogP contribution in [0, 0.1) is 11.3 Å². The molecule has 1 aromatic heterocycles. The normalized spacial score (nSPS) is 11.5. The van der Waals surface area contributed by atoms with Crippen LogP contribution in [0.15, 0.2) is 36.4 Å². The molecule has 24 heavy (non-hydrogen) atoms. The van der Waals surface area contributed by atoms with Crippen molar-refractivity contribution in [1.82, 2.24) is 9.97 Å². The molecule has 4 nitrogen and oxygen atoms in total. The van der Waals surface area contributed by atoms with Crippen molar-refractivity contribution >= 4 is 40.2 Å². The van der Waals surface area contributed by atoms with Gasteiger partial charge in [0, 0.05) is 12.0 Å². The van der Waals surface area contributed by atoms with Crippen molar-refractivity contribution < 1.29 is 0 Å². The third-order valence-electron chi connectivity index (χ3n) is 4.03. The highest BCUT2D eigenvalue weighted by atomic mass is 35.5. The van der Waals surface area contributed by atoms with Gasteiger partial charge in [-0.3, -0.25) is 0 Å². The second kappa shape index (κ2) is 6.35. The molecular formula is C18H16Cl2N4. The molecular weight excluding hydrogens is 343 g/mol. The van der Waals surface area contributed by atoms with E-state index in [4.69, 9.17) is 28.5 Å². The Bertz CT molecular complexity index is 938. The van der Waals surface area contributed by atoms with Crippen LogP contribution >= 0.6 is 23.2 Å². The highest BCUT2D eigenvalue weighted by Crippen LogP contribution is 2.30. The molecule has 0 bridgehead atoms. The van der Waals surface area contributed by atoms with E-state index in [0.717, 1.165) is 11.1 Å². The van der Waals surface area contributed by atoms with Gasteiger partial charge in [0.2, 0.25) is 5.95 Å². The Kier molecular flexibility index (Phi) is 4.40. The number of aromatic amines is 1. The number of aromatic nitrogens is 2. The molecule has 0 saturated heterocycles. The molecule has 2 N–H and O–H groups in total. The molecule has 0 fully saturated rings. The summed E-state index contributed by atoms with van der Waals surface area (Å²) in [4.78, 5) is 7.67. The largest absolute Gasteiger partial charge is 0.355 e. The minimum absolute atomic E-state index is 0.175. The van der Waals surface area contributed by atoms with E-state index in [1.54, 1.807) is 12.1 Å². The number of rotatable bonds is 4. The van der Waals surface area contributed by atoms with Gasteiger partial charge in [0.25, 0.3) is 0 Å². The lowest BCUT2D eigenvalue weighted by Gasteiger charge is -2.26. The third-order valence-corrected chi connectivity index (χ3v) is 4.77. The number of benzene rings is 2. The Labute approximate surface area is 150 Å². The zero-order valence-electron chi connectivity index (χ0n) is 13.3. The first-order chi connectivity index (χ1) is 11.4. The molecule has 122 valence electrons. The Hall–Kier alpha value is -2.22. The maximum absolute atomic E-state index is 9.15. The molecule has 3 rings (SSSR count). The molecule has 0 aliphatic carbocycles. The SMILES string of the molecule is CC(C)(CNc1nc2c(C#N)cccc2[nH]1)c1ccc(Cl)c(Cl)c1. The van der Waals surface area contributed by atoms with Crippen molar-refractivity contribution in [2.24, 2.45) is 0 Å². The number of imidazole rings is 1. The Morgan fingerprint density at radius 2 is 2.00 bits per heavy atom. The fourth-order valence-corrected chi connectivity index (χ4v) is 2.83. The predicted molar refractivity (Wildman–Crippen MR) is 98.8 cm³/mol. The van der Waals surface area contributed by atoms with Gasteiger partial charge in [-0.1, -0.05) is 49.2 Å². The van der Waals surface area contributed by atoms with Crippen molar-refractivity contribution in [2.75, 3.05) is 11.9 Å². The zero-order valence-corrected chi connectivity index (χ0v) is 14.8.